The summed E-state index contributed by atoms with van der Waals surface area (Å²) >= 11 is 0. The number of fused-ring (bicyclic) bond motifs is 1. The quantitative estimate of drug-likeness (QED) is 0.840. The number of pyridine rings is 1. The summed E-state index contributed by atoms with van der Waals surface area (Å²) in [4.78, 5) is 0. The molecule has 0 amide bonds. The Labute approximate surface area is 97.1 Å². The van der Waals surface area contributed by atoms with Crippen molar-refractivity contribution in [1.82, 2.24) is 4.40 Å². The lowest BCUT2D eigenvalue weighted by Crippen LogP contribution is -2.24. The van der Waals surface area contributed by atoms with Gasteiger partial charge in [-0.15, -0.1) is 0 Å². The van der Waals surface area contributed by atoms with Gasteiger partial charge in [-0.05, 0) is 43.7 Å². The van der Waals surface area contributed by atoms with Crippen LogP contribution < -0.4 is 5.73 Å². The molecular weight excluding hydrogens is 196 g/mol. The first-order valence-electron chi connectivity index (χ1n) is 5.83. The van der Waals surface area contributed by atoms with Crippen LogP contribution in [0.3, 0.4) is 0 Å². The van der Waals surface area contributed by atoms with Gasteiger partial charge in [-0.2, -0.15) is 0 Å². The molecule has 0 unspecified atom stereocenters. The molecule has 2 heterocycles. The maximum absolute atomic E-state index is 5.71. The molecule has 0 fully saturated rings. The third-order valence-electron chi connectivity index (χ3n) is 3.28. The van der Waals surface area contributed by atoms with Crippen LogP contribution >= 0.6 is 0 Å². The van der Waals surface area contributed by atoms with E-state index in [0.717, 1.165) is 13.0 Å². The molecule has 16 heavy (non-hydrogen) atoms. The summed E-state index contributed by atoms with van der Waals surface area (Å²) < 4.78 is 2.28. The molecule has 2 rings (SSSR count). The molecule has 0 aliphatic carbocycles. The van der Waals surface area contributed by atoms with Crippen LogP contribution in [0.5, 0.6) is 0 Å². The van der Waals surface area contributed by atoms with E-state index in [1.165, 1.54) is 16.8 Å². The van der Waals surface area contributed by atoms with Crippen LogP contribution in [-0.2, 0) is 5.41 Å². The summed E-state index contributed by atoms with van der Waals surface area (Å²) in [5.74, 6) is 0. The highest BCUT2D eigenvalue weighted by Crippen LogP contribution is 2.31. The molecule has 2 aromatic heterocycles. The second-order valence-electron chi connectivity index (χ2n) is 5.09. The van der Waals surface area contributed by atoms with E-state index in [1.54, 1.807) is 0 Å². The molecule has 2 aromatic rings. The maximum Gasteiger partial charge on any atom is 0.0455 e. The molecule has 2 nitrogen and oxygen atoms in total. The second kappa shape index (κ2) is 3.95. The smallest absolute Gasteiger partial charge is 0.0455 e. The normalized spacial score (nSPS) is 12.2. The molecule has 86 valence electrons. The van der Waals surface area contributed by atoms with Crippen molar-refractivity contribution >= 4 is 5.52 Å². The molecule has 0 aromatic carbocycles. The first-order valence-corrected chi connectivity index (χ1v) is 5.83. The molecule has 0 spiro atoms. The van der Waals surface area contributed by atoms with Gasteiger partial charge in [-0.3, -0.25) is 0 Å². The molecule has 2 heteroatoms. The molecule has 0 radical (unpaired) electrons. The van der Waals surface area contributed by atoms with E-state index in [4.69, 9.17) is 5.73 Å². The Morgan fingerprint density at radius 1 is 1.31 bits per heavy atom. The van der Waals surface area contributed by atoms with Crippen molar-refractivity contribution in [1.29, 1.82) is 0 Å². The fourth-order valence-corrected chi connectivity index (χ4v) is 2.60. The van der Waals surface area contributed by atoms with E-state index in [-0.39, 0.29) is 5.41 Å². The van der Waals surface area contributed by atoms with Gasteiger partial charge in [-0.1, -0.05) is 19.9 Å². The van der Waals surface area contributed by atoms with Gasteiger partial charge in [0.15, 0.2) is 0 Å². The number of aromatic nitrogens is 1. The van der Waals surface area contributed by atoms with Gasteiger partial charge < -0.3 is 10.1 Å². The van der Waals surface area contributed by atoms with Crippen molar-refractivity contribution < 1.29 is 0 Å². The lowest BCUT2D eigenvalue weighted by atomic mass is 9.84. The minimum Gasteiger partial charge on any atom is -0.330 e. The van der Waals surface area contributed by atoms with Gasteiger partial charge in [0.05, 0.1) is 0 Å². The van der Waals surface area contributed by atoms with E-state index < -0.39 is 0 Å². The van der Waals surface area contributed by atoms with E-state index in [1.807, 2.05) is 0 Å². The molecule has 0 saturated carbocycles. The van der Waals surface area contributed by atoms with E-state index in [0.29, 0.717) is 0 Å². The second-order valence-corrected chi connectivity index (χ2v) is 5.09. The van der Waals surface area contributed by atoms with Crippen LogP contribution in [0.4, 0.5) is 0 Å². The summed E-state index contributed by atoms with van der Waals surface area (Å²) in [7, 11) is 0. The van der Waals surface area contributed by atoms with Gasteiger partial charge in [0, 0.05) is 22.8 Å². The molecule has 0 aliphatic rings. The molecule has 2 N–H and O–H groups in total. The highest BCUT2D eigenvalue weighted by atomic mass is 14.9. The van der Waals surface area contributed by atoms with Gasteiger partial charge in [-0.25, -0.2) is 0 Å². The van der Waals surface area contributed by atoms with E-state index >= 15 is 0 Å². The zero-order valence-electron chi connectivity index (χ0n) is 10.3. The van der Waals surface area contributed by atoms with Gasteiger partial charge >= 0.3 is 0 Å². The van der Waals surface area contributed by atoms with E-state index in [9.17, 15) is 0 Å². The predicted octanol–water partition coefficient (Wildman–Crippen LogP) is 2.87. The Kier molecular flexibility index (Phi) is 2.76. The van der Waals surface area contributed by atoms with Crippen molar-refractivity contribution in [2.24, 2.45) is 5.73 Å². The zero-order valence-corrected chi connectivity index (χ0v) is 10.3. The lowest BCUT2D eigenvalue weighted by Gasteiger charge is -2.25. The highest BCUT2D eigenvalue weighted by Gasteiger charge is 2.24. The van der Waals surface area contributed by atoms with Crippen LogP contribution in [0.15, 0.2) is 30.5 Å². The topological polar surface area (TPSA) is 30.4 Å². The third kappa shape index (κ3) is 1.74. The number of hydrogen-bond acceptors (Lipinski definition) is 1. The summed E-state index contributed by atoms with van der Waals surface area (Å²) in [6.45, 7) is 7.44. The Balaban J connectivity index is 2.63. The Morgan fingerprint density at radius 2 is 2.06 bits per heavy atom. The fourth-order valence-electron chi connectivity index (χ4n) is 2.60. The average molecular weight is 216 g/mol. The number of aryl methyl sites for hydroxylation is 1. The molecule has 0 bridgehead atoms. The fraction of sp³-hybridized carbons (Fsp3) is 0.429. The van der Waals surface area contributed by atoms with Crippen molar-refractivity contribution in [3.8, 4) is 0 Å². The Bertz CT molecular complexity index is 494. The summed E-state index contributed by atoms with van der Waals surface area (Å²) in [6, 6.07) is 8.55. The van der Waals surface area contributed by atoms with Crippen LogP contribution in [0.2, 0.25) is 0 Å². The lowest BCUT2D eigenvalue weighted by molar-refractivity contribution is 0.467. The van der Waals surface area contributed by atoms with Gasteiger partial charge in [0.2, 0.25) is 0 Å². The van der Waals surface area contributed by atoms with E-state index in [2.05, 4.69) is 55.6 Å². The van der Waals surface area contributed by atoms with Crippen LogP contribution in [0.1, 0.15) is 31.5 Å². The molecule has 0 atom stereocenters. The minimum atomic E-state index is 0.132. The average Bonchev–Trinajstić information content (AvgIpc) is 2.53. The van der Waals surface area contributed by atoms with Crippen molar-refractivity contribution in [2.75, 3.05) is 6.54 Å². The molecule has 0 aliphatic heterocycles. The van der Waals surface area contributed by atoms with Gasteiger partial charge in [0.1, 0.15) is 0 Å². The van der Waals surface area contributed by atoms with Crippen molar-refractivity contribution in [2.45, 2.75) is 32.6 Å². The van der Waals surface area contributed by atoms with Crippen LogP contribution in [-0.4, -0.2) is 10.9 Å². The third-order valence-corrected chi connectivity index (χ3v) is 3.28. The summed E-state index contributed by atoms with van der Waals surface area (Å²) in [6.07, 6.45) is 3.14. The van der Waals surface area contributed by atoms with Gasteiger partial charge in [0.25, 0.3) is 0 Å². The van der Waals surface area contributed by atoms with Crippen LogP contribution in [0.25, 0.3) is 5.52 Å². The van der Waals surface area contributed by atoms with Crippen LogP contribution in [0, 0.1) is 6.92 Å². The largest absolute Gasteiger partial charge is 0.330 e. The Hall–Kier alpha value is -1.28. The summed E-state index contributed by atoms with van der Waals surface area (Å²) in [5, 5.41) is 0. The standard InChI is InChI=1S/C14H20N2/c1-11-10-12-6-4-5-9-16(12)13(11)14(2,3)7-8-15/h4-6,9-10H,7-8,15H2,1-3H3. The molecular formula is C14H20N2. The molecule has 0 saturated heterocycles. The number of nitrogens with zero attached hydrogens (tertiary/aromatic N) is 1. The maximum atomic E-state index is 5.71. The summed E-state index contributed by atoms with van der Waals surface area (Å²) in [5.41, 5.74) is 9.84. The SMILES string of the molecule is Cc1cc2ccccn2c1C(C)(C)CCN. The minimum absolute atomic E-state index is 0.132. The number of rotatable bonds is 3. The monoisotopic (exact) mass is 216 g/mol. The first kappa shape index (κ1) is 11.2. The first-order chi connectivity index (χ1) is 7.56. The van der Waals surface area contributed by atoms with Crippen molar-refractivity contribution in [3.63, 3.8) is 0 Å². The number of nitrogens with two attached hydrogens (primary N) is 1. The van der Waals surface area contributed by atoms with Crippen molar-refractivity contribution in [3.05, 3.63) is 41.7 Å². The zero-order chi connectivity index (χ0) is 11.8. The Morgan fingerprint density at radius 3 is 2.75 bits per heavy atom. The number of hydrogen-bond donors (Lipinski definition) is 1. The highest BCUT2D eigenvalue weighted by molar-refractivity contribution is 5.54. The predicted molar refractivity (Wildman–Crippen MR) is 68.8 cm³/mol.